The fourth-order valence-electron chi connectivity index (χ4n) is 3.22. The van der Waals surface area contributed by atoms with Crippen molar-refractivity contribution in [2.24, 2.45) is 12.0 Å². The van der Waals surface area contributed by atoms with Gasteiger partial charge in [0.05, 0.1) is 24.9 Å². The summed E-state index contributed by atoms with van der Waals surface area (Å²) in [6, 6.07) is 2.36. The van der Waals surface area contributed by atoms with Crippen LogP contribution in [0.4, 0.5) is 19.0 Å². The van der Waals surface area contributed by atoms with E-state index in [1.165, 1.54) is 6.07 Å². The highest BCUT2D eigenvalue weighted by Gasteiger charge is 2.30. The number of nitrogens with one attached hydrogen (secondary N) is 2. The van der Waals surface area contributed by atoms with Crippen LogP contribution in [0, 0.1) is 0 Å². The molecule has 1 unspecified atom stereocenters. The summed E-state index contributed by atoms with van der Waals surface area (Å²) in [5, 5.41) is 10.6. The fourth-order valence-corrected chi connectivity index (χ4v) is 3.22. The van der Waals surface area contributed by atoms with Crippen molar-refractivity contribution in [1.29, 1.82) is 0 Å². The SMILES string of the molecule is CCNC(=NCCCNc1ccc(C(F)(F)F)cn1)N1CCOC(c2cnn(C)c2)C1.I. The van der Waals surface area contributed by atoms with Crippen LogP contribution in [0.3, 0.4) is 0 Å². The van der Waals surface area contributed by atoms with Crippen LogP contribution < -0.4 is 10.6 Å². The van der Waals surface area contributed by atoms with Crippen molar-refractivity contribution in [3.8, 4) is 0 Å². The summed E-state index contributed by atoms with van der Waals surface area (Å²) in [6.45, 7) is 5.94. The van der Waals surface area contributed by atoms with Crippen LogP contribution in [0.25, 0.3) is 0 Å². The van der Waals surface area contributed by atoms with E-state index in [1.807, 2.05) is 26.4 Å². The van der Waals surface area contributed by atoms with Crippen molar-refractivity contribution < 1.29 is 17.9 Å². The molecule has 0 bridgehead atoms. The van der Waals surface area contributed by atoms with E-state index in [-0.39, 0.29) is 30.1 Å². The van der Waals surface area contributed by atoms with Crippen LogP contribution in [-0.2, 0) is 18.0 Å². The molecule has 1 aliphatic heterocycles. The Bertz CT molecular complexity index is 858. The van der Waals surface area contributed by atoms with Gasteiger partial charge in [-0.1, -0.05) is 0 Å². The van der Waals surface area contributed by atoms with Crippen molar-refractivity contribution in [2.75, 3.05) is 44.6 Å². The number of hydrogen-bond acceptors (Lipinski definition) is 5. The Hall–Kier alpha value is -2.09. The molecule has 2 aromatic heterocycles. The first kappa shape index (κ1) is 26.2. The van der Waals surface area contributed by atoms with Crippen LogP contribution in [-0.4, -0.2) is 65.0 Å². The summed E-state index contributed by atoms with van der Waals surface area (Å²) in [5.74, 6) is 1.24. The average Bonchev–Trinajstić information content (AvgIpc) is 3.19. The number of rotatable bonds is 7. The van der Waals surface area contributed by atoms with Crippen LogP contribution in [0.15, 0.2) is 35.7 Å². The van der Waals surface area contributed by atoms with Crippen molar-refractivity contribution in [1.82, 2.24) is 25.0 Å². The Morgan fingerprint density at radius 3 is 2.75 bits per heavy atom. The predicted molar refractivity (Wildman–Crippen MR) is 127 cm³/mol. The predicted octanol–water partition coefficient (Wildman–Crippen LogP) is 3.29. The summed E-state index contributed by atoms with van der Waals surface area (Å²) in [5.41, 5.74) is 0.282. The molecule has 1 atom stereocenters. The van der Waals surface area contributed by atoms with Crippen LogP contribution in [0.1, 0.15) is 30.6 Å². The Morgan fingerprint density at radius 1 is 1.31 bits per heavy atom. The van der Waals surface area contributed by atoms with E-state index < -0.39 is 11.7 Å². The zero-order valence-corrected chi connectivity index (χ0v) is 20.4. The lowest BCUT2D eigenvalue weighted by molar-refractivity contribution is -0.137. The molecule has 3 heterocycles. The Labute approximate surface area is 202 Å². The molecule has 0 saturated carbocycles. The van der Waals surface area contributed by atoms with Gasteiger partial charge in [0.1, 0.15) is 11.9 Å². The molecule has 3 rings (SSSR count). The van der Waals surface area contributed by atoms with E-state index in [0.717, 1.165) is 36.9 Å². The number of nitrogens with zero attached hydrogens (tertiary/aromatic N) is 5. The highest BCUT2D eigenvalue weighted by atomic mass is 127. The van der Waals surface area contributed by atoms with Crippen LogP contribution in [0.5, 0.6) is 0 Å². The summed E-state index contributed by atoms with van der Waals surface area (Å²) in [4.78, 5) is 10.7. The molecule has 12 heteroatoms. The third-order valence-corrected chi connectivity index (χ3v) is 4.79. The van der Waals surface area contributed by atoms with E-state index in [4.69, 9.17) is 9.73 Å². The maximum absolute atomic E-state index is 12.6. The third kappa shape index (κ3) is 7.50. The molecule has 1 aliphatic rings. The lowest BCUT2D eigenvalue weighted by atomic mass is 10.1. The number of pyridine rings is 1. The van der Waals surface area contributed by atoms with Gasteiger partial charge in [-0.25, -0.2) is 4.98 Å². The average molecular weight is 567 g/mol. The molecule has 0 aromatic carbocycles. The number of halogens is 4. The number of aliphatic imine (C=N–C) groups is 1. The second-order valence-electron chi connectivity index (χ2n) is 7.20. The minimum atomic E-state index is -4.38. The molecule has 178 valence electrons. The monoisotopic (exact) mass is 567 g/mol. The minimum absolute atomic E-state index is 0. The third-order valence-electron chi connectivity index (χ3n) is 4.79. The van der Waals surface area contributed by atoms with Gasteiger partial charge in [0, 0.05) is 51.2 Å². The van der Waals surface area contributed by atoms with E-state index in [2.05, 4.69) is 25.6 Å². The number of aryl methyl sites for hydroxylation is 1. The molecule has 1 fully saturated rings. The standard InChI is InChI=1S/C20H28F3N7O.HI/c1-3-24-19(30-9-10-31-17(14-30)15-11-28-29(2)13-15)26-8-4-7-25-18-6-5-16(12-27-18)20(21,22)23;/h5-6,11-13,17H,3-4,7-10,14H2,1-2H3,(H,24,26)(H,25,27);1H. The molecular weight excluding hydrogens is 538 g/mol. The smallest absolute Gasteiger partial charge is 0.370 e. The molecule has 0 aliphatic carbocycles. The molecule has 1 saturated heterocycles. The van der Waals surface area contributed by atoms with Crippen molar-refractivity contribution in [2.45, 2.75) is 25.6 Å². The molecule has 2 aromatic rings. The summed E-state index contributed by atoms with van der Waals surface area (Å²) in [6.07, 6.45) is 0.893. The van der Waals surface area contributed by atoms with Gasteiger partial charge < -0.3 is 20.3 Å². The van der Waals surface area contributed by atoms with Crippen molar-refractivity contribution in [3.63, 3.8) is 0 Å². The van der Waals surface area contributed by atoms with Gasteiger partial charge in [0.2, 0.25) is 0 Å². The zero-order chi connectivity index (χ0) is 22.3. The molecule has 32 heavy (non-hydrogen) atoms. The minimum Gasteiger partial charge on any atom is -0.370 e. The fraction of sp³-hybridized carbons (Fsp3) is 0.550. The van der Waals surface area contributed by atoms with Crippen molar-refractivity contribution >= 4 is 35.8 Å². The molecule has 2 N–H and O–H groups in total. The first-order valence-corrected chi connectivity index (χ1v) is 10.3. The van der Waals surface area contributed by atoms with E-state index >= 15 is 0 Å². The lowest BCUT2D eigenvalue weighted by Crippen LogP contribution is -2.48. The summed E-state index contributed by atoms with van der Waals surface area (Å²) in [7, 11) is 1.88. The van der Waals surface area contributed by atoms with Gasteiger partial charge in [-0.15, -0.1) is 24.0 Å². The number of guanidine groups is 1. The largest absolute Gasteiger partial charge is 0.417 e. The first-order valence-electron chi connectivity index (χ1n) is 10.3. The molecule has 0 radical (unpaired) electrons. The molecule has 8 nitrogen and oxygen atoms in total. The summed E-state index contributed by atoms with van der Waals surface area (Å²) >= 11 is 0. The quantitative estimate of drug-likeness (QED) is 0.232. The number of alkyl halides is 3. The van der Waals surface area contributed by atoms with Gasteiger partial charge >= 0.3 is 6.18 Å². The highest BCUT2D eigenvalue weighted by Crippen LogP contribution is 2.28. The zero-order valence-electron chi connectivity index (χ0n) is 18.1. The van der Waals surface area contributed by atoms with Crippen molar-refractivity contribution in [3.05, 3.63) is 41.9 Å². The van der Waals surface area contributed by atoms with Gasteiger partial charge in [-0.05, 0) is 25.5 Å². The summed E-state index contributed by atoms with van der Waals surface area (Å²) < 4.78 is 45.4. The Balaban J connectivity index is 0.00000363. The van der Waals surface area contributed by atoms with Gasteiger partial charge in [0.25, 0.3) is 0 Å². The first-order chi connectivity index (χ1) is 14.9. The van der Waals surface area contributed by atoms with Gasteiger partial charge in [-0.2, -0.15) is 18.3 Å². The highest BCUT2D eigenvalue weighted by molar-refractivity contribution is 14.0. The Kier molecular flexibility index (Phi) is 10.0. The number of ether oxygens (including phenoxy) is 1. The number of morpholine rings is 1. The molecular formula is C20H29F3IN7O. The van der Waals surface area contributed by atoms with Gasteiger partial charge in [-0.3, -0.25) is 9.67 Å². The van der Waals surface area contributed by atoms with Gasteiger partial charge in [0.15, 0.2) is 5.96 Å². The normalized spacial score (nSPS) is 17.1. The van der Waals surface area contributed by atoms with E-state index in [0.29, 0.717) is 38.5 Å². The number of aromatic nitrogens is 3. The second-order valence-corrected chi connectivity index (χ2v) is 7.20. The van der Waals surface area contributed by atoms with Crippen LogP contribution >= 0.6 is 24.0 Å². The Morgan fingerprint density at radius 2 is 2.12 bits per heavy atom. The lowest BCUT2D eigenvalue weighted by Gasteiger charge is -2.34. The number of anilines is 1. The topological polar surface area (TPSA) is 79.6 Å². The van der Waals surface area contributed by atoms with E-state index in [1.54, 1.807) is 4.68 Å². The molecule has 0 spiro atoms. The number of hydrogen-bond donors (Lipinski definition) is 2. The molecule has 0 amide bonds. The van der Waals surface area contributed by atoms with Crippen LogP contribution in [0.2, 0.25) is 0 Å². The maximum atomic E-state index is 12.6. The maximum Gasteiger partial charge on any atom is 0.417 e. The second kappa shape index (κ2) is 12.2. The van der Waals surface area contributed by atoms with E-state index in [9.17, 15) is 13.2 Å².